The number of carbonyl (C=O) groups is 3. The predicted molar refractivity (Wildman–Crippen MR) is 152 cm³/mol. The Hall–Kier alpha value is -3.88. The molecule has 0 aromatic heterocycles. The molecule has 0 spiro atoms. The molecular formula is C30H31ClN4O4. The highest BCUT2D eigenvalue weighted by atomic mass is 35.5. The van der Waals surface area contributed by atoms with E-state index >= 15 is 0 Å². The highest BCUT2D eigenvalue weighted by Crippen LogP contribution is 2.29. The average molecular weight is 547 g/mol. The number of carbonyl (C=O) groups excluding carboxylic acids is 3. The molecule has 8 nitrogen and oxygen atoms in total. The molecule has 2 aliphatic rings. The summed E-state index contributed by atoms with van der Waals surface area (Å²) in [6, 6.07) is 19.1. The summed E-state index contributed by atoms with van der Waals surface area (Å²) < 4.78 is 5.72. The Morgan fingerprint density at radius 3 is 2.56 bits per heavy atom. The fraction of sp³-hybridized carbons (Fsp3) is 0.300. The molecule has 0 saturated carbocycles. The molecule has 1 fully saturated rings. The van der Waals surface area contributed by atoms with E-state index in [4.69, 9.17) is 16.3 Å². The van der Waals surface area contributed by atoms with Gasteiger partial charge in [-0.3, -0.25) is 14.4 Å². The van der Waals surface area contributed by atoms with Gasteiger partial charge >= 0.3 is 0 Å². The van der Waals surface area contributed by atoms with E-state index in [-0.39, 0.29) is 43.8 Å². The molecule has 202 valence electrons. The monoisotopic (exact) mass is 546 g/mol. The maximum absolute atomic E-state index is 13.3. The second-order valence-corrected chi connectivity index (χ2v) is 10.3. The lowest BCUT2D eigenvalue weighted by Crippen LogP contribution is -2.63. The van der Waals surface area contributed by atoms with Crippen molar-refractivity contribution in [2.24, 2.45) is 0 Å². The van der Waals surface area contributed by atoms with Crippen molar-refractivity contribution in [3.63, 3.8) is 0 Å². The van der Waals surface area contributed by atoms with Gasteiger partial charge in [0.05, 0.1) is 12.0 Å². The third-order valence-corrected chi connectivity index (χ3v) is 7.42. The van der Waals surface area contributed by atoms with E-state index in [9.17, 15) is 14.4 Å². The van der Waals surface area contributed by atoms with Crippen LogP contribution in [0, 0.1) is 0 Å². The molecule has 2 heterocycles. The van der Waals surface area contributed by atoms with Crippen molar-refractivity contribution in [1.82, 2.24) is 21.3 Å². The lowest BCUT2D eigenvalue weighted by atomic mass is 9.86. The Kier molecular flexibility index (Phi) is 8.14. The van der Waals surface area contributed by atoms with Crippen LogP contribution in [0.1, 0.15) is 24.0 Å². The number of rotatable bonds is 8. The Morgan fingerprint density at radius 2 is 1.72 bits per heavy atom. The van der Waals surface area contributed by atoms with Gasteiger partial charge in [-0.2, -0.15) is 0 Å². The zero-order valence-electron chi connectivity index (χ0n) is 21.5. The zero-order chi connectivity index (χ0) is 27.2. The number of halogens is 1. The standard InChI is InChI=1S/C30H31ClN4O4/c31-24-8-9-26-22(17-24)16-23(19-39-26)28(37)35-30(10-12-32-13-11-30)29(38)34-15-14-33-27(36)18-21-6-3-5-20-4-1-2-7-25(20)21/h1-9,16-17,32H,10-15,18-19H2,(H,33,36)(H,34,38)(H,35,37). The van der Waals surface area contributed by atoms with Crippen molar-refractivity contribution in [1.29, 1.82) is 0 Å². The summed E-state index contributed by atoms with van der Waals surface area (Å²) >= 11 is 6.10. The second kappa shape index (κ2) is 11.9. The van der Waals surface area contributed by atoms with Gasteiger partial charge in [0.25, 0.3) is 5.91 Å². The van der Waals surface area contributed by atoms with Gasteiger partial charge in [-0.05, 0) is 66.5 Å². The van der Waals surface area contributed by atoms with Crippen LogP contribution in [0.15, 0.2) is 66.2 Å². The van der Waals surface area contributed by atoms with Gasteiger partial charge in [0.15, 0.2) is 0 Å². The van der Waals surface area contributed by atoms with Gasteiger partial charge in [-0.25, -0.2) is 0 Å². The molecule has 0 unspecified atom stereocenters. The van der Waals surface area contributed by atoms with Crippen molar-refractivity contribution in [2.45, 2.75) is 24.8 Å². The Balaban J connectivity index is 1.16. The summed E-state index contributed by atoms with van der Waals surface area (Å²) in [4.78, 5) is 39.1. The summed E-state index contributed by atoms with van der Waals surface area (Å²) in [5.41, 5.74) is 1.06. The average Bonchev–Trinajstić information content (AvgIpc) is 2.95. The van der Waals surface area contributed by atoms with Crippen molar-refractivity contribution in [3.8, 4) is 5.75 Å². The maximum Gasteiger partial charge on any atom is 0.251 e. The number of hydrogen-bond donors (Lipinski definition) is 4. The van der Waals surface area contributed by atoms with Crippen molar-refractivity contribution in [2.75, 3.05) is 32.8 Å². The molecule has 1 saturated heterocycles. The number of piperidine rings is 1. The summed E-state index contributed by atoms with van der Waals surface area (Å²) in [5.74, 6) is -0.0645. The Morgan fingerprint density at radius 1 is 0.949 bits per heavy atom. The molecule has 3 aromatic carbocycles. The third kappa shape index (κ3) is 6.24. The first-order valence-electron chi connectivity index (χ1n) is 13.1. The van der Waals surface area contributed by atoms with Gasteiger partial charge < -0.3 is 26.0 Å². The highest BCUT2D eigenvalue weighted by molar-refractivity contribution is 6.30. The van der Waals surface area contributed by atoms with Gasteiger partial charge in [0.1, 0.15) is 17.9 Å². The van der Waals surface area contributed by atoms with E-state index in [1.165, 1.54) is 0 Å². The van der Waals surface area contributed by atoms with Crippen LogP contribution in [0.2, 0.25) is 5.02 Å². The normalized spacial score (nSPS) is 15.9. The molecule has 0 atom stereocenters. The summed E-state index contributed by atoms with van der Waals surface area (Å²) in [5, 5.41) is 14.7. The van der Waals surface area contributed by atoms with Crippen LogP contribution in [0.25, 0.3) is 16.8 Å². The van der Waals surface area contributed by atoms with Crippen LogP contribution in [0.4, 0.5) is 0 Å². The van der Waals surface area contributed by atoms with Gasteiger partial charge in [-0.15, -0.1) is 0 Å². The molecule has 0 radical (unpaired) electrons. The minimum Gasteiger partial charge on any atom is -0.488 e. The number of fused-ring (bicyclic) bond motifs is 2. The molecule has 0 bridgehead atoms. The smallest absolute Gasteiger partial charge is 0.251 e. The number of ether oxygens (including phenoxy) is 1. The van der Waals surface area contributed by atoms with Crippen LogP contribution in [-0.2, 0) is 20.8 Å². The van der Waals surface area contributed by atoms with Gasteiger partial charge in [-0.1, -0.05) is 54.1 Å². The van der Waals surface area contributed by atoms with Gasteiger partial charge in [0, 0.05) is 23.7 Å². The van der Waals surface area contributed by atoms with Gasteiger partial charge in [0.2, 0.25) is 11.8 Å². The van der Waals surface area contributed by atoms with Crippen molar-refractivity contribution >= 4 is 46.2 Å². The summed E-state index contributed by atoms with van der Waals surface area (Å²) in [6.45, 7) is 1.85. The van der Waals surface area contributed by atoms with E-state index in [1.807, 2.05) is 42.5 Å². The second-order valence-electron chi connectivity index (χ2n) is 9.85. The minimum atomic E-state index is -1.05. The molecule has 5 rings (SSSR count). The molecule has 3 aromatic rings. The molecule has 9 heteroatoms. The first-order valence-corrected chi connectivity index (χ1v) is 13.5. The van der Waals surface area contributed by atoms with E-state index < -0.39 is 5.54 Å². The van der Waals surface area contributed by atoms with Crippen LogP contribution in [-0.4, -0.2) is 56.0 Å². The molecule has 39 heavy (non-hydrogen) atoms. The number of amides is 3. The maximum atomic E-state index is 13.3. The first-order chi connectivity index (χ1) is 18.9. The quantitative estimate of drug-likeness (QED) is 0.325. The number of hydrogen-bond acceptors (Lipinski definition) is 5. The highest BCUT2D eigenvalue weighted by Gasteiger charge is 2.41. The Labute approximate surface area is 232 Å². The lowest BCUT2D eigenvalue weighted by Gasteiger charge is -2.37. The molecule has 2 aliphatic heterocycles. The van der Waals surface area contributed by atoms with E-state index in [2.05, 4.69) is 21.3 Å². The van der Waals surface area contributed by atoms with E-state index in [1.54, 1.807) is 24.3 Å². The van der Waals surface area contributed by atoms with E-state index in [0.29, 0.717) is 42.3 Å². The summed E-state index contributed by atoms with van der Waals surface area (Å²) in [6.07, 6.45) is 2.91. The molecule has 3 amide bonds. The third-order valence-electron chi connectivity index (χ3n) is 7.18. The van der Waals surface area contributed by atoms with Crippen LogP contribution in [0.5, 0.6) is 5.75 Å². The fourth-order valence-electron chi connectivity index (χ4n) is 5.07. The van der Waals surface area contributed by atoms with Crippen molar-refractivity contribution < 1.29 is 19.1 Å². The first kappa shape index (κ1) is 26.7. The minimum absolute atomic E-state index is 0.110. The topological polar surface area (TPSA) is 109 Å². The van der Waals surface area contributed by atoms with Crippen molar-refractivity contribution in [3.05, 3.63) is 82.4 Å². The zero-order valence-corrected chi connectivity index (χ0v) is 22.3. The number of benzene rings is 3. The Bertz CT molecular complexity index is 1430. The number of nitrogens with one attached hydrogen (secondary N) is 4. The summed E-state index contributed by atoms with van der Waals surface area (Å²) in [7, 11) is 0. The fourth-order valence-corrected chi connectivity index (χ4v) is 5.25. The molecule has 0 aliphatic carbocycles. The SMILES string of the molecule is O=C(Cc1cccc2ccccc12)NCCNC(=O)C1(NC(=O)C2=Cc3cc(Cl)ccc3OC2)CCNCC1. The van der Waals surface area contributed by atoms with E-state index in [0.717, 1.165) is 21.9 Å². The van der Waals surface area contributed by atoms with Crippen LogP contribution >= 0.6 is 11.6 Å². The lowest BCUT2D eigenvalue weighted by molar-refractivity contribution is -0.133. The van der Waals surface area contributed by atoms with Crippen LogP contribution < -0.4 is 26.0 Å². The van der Waals surface area contributed by atoms with Crippen LogP contribution in [0.3, 0.4) is 0 Å². The molecular weight excluding hydrogens is 516 g/mol. The predicted octanol–water partition coefficient (Wildman–Crippen LogP) is 2.98. The molecule has 4 N–H and O–H groups in total. The largest absolute Gasteiger partial charge is 0.488 e.